The Balaban J connectivity index is 2.01. The van der Waals surface area contributed by atoms with Crippen molar-refractivity contribution in [2.75, 3.05) is 0 Å². The number of hydrogen-bond donors (Lipinski definition) is 1. The Labute approximate surface area is 94.4 Å². The topological polar surface area (TPSA) is 52.9 Å². The van der Waals surface area contributed by atoms with E-state index in [0.29, 0.717) is 0 Å². The lowest BCUT2D eigenvalue weighted by Crippen LogP contribution is -2.57. The first-order valence-corrected chi connectivity index (χ1v) is 5.22. The van der Waals surface area contributed by atoms with Crippen molar-refractivity contribution in [3.05, 3.63) is 48.0 Å². The quantitative estimate of drug-likeness (QED) is 0.608. The number of carbonyl (C=O) groups is 1. The predicted octanol–water partition coefficient (Wildman–Crippen LogP) is 1.42. The molecule has 16 heavy (non-hydrogen) atoms. The van der Waals surface area contributed by atoms with Gasteiger partial charge in [0.05, 0.1) is 18.0 Å². The van der Waals surface area contributed by atoms with Crippen LogP contribution < -0.4 is 5.32 Å². The Kier molecular flexibility index (Phi) is 3.02. The zero-order valence-corrected chi connectivity index (χ0v) is 8.76. The van der Waals surface area contributed by atoms with Gasteiger partial charge in [0.2, 0.25) is 5.91 Å². The molecule has 2 unspecified atom stereocenters. The lowest BCUT2D eigenvalue weighted by atomic mass is 9.84. The second kappa shape index (κ2) is 4.63. The summed E-state index contributed by atoms with van der Waals surface area (Å²) in [7, 11) is 0. The zero-order chi connectivity index (χ0) is 11.4. The van der Waals surface area contributed by atoms with Gasteiger partial charge in [-0.3, -0.25) is 4.79 Å². The van der Waals surface area contributed by atoms with E-state index in [0.717, 1.165) is 12.0 Å². The van der Waals surface area contributed by atoms with E-state index in [1.807, 2.05) is 36.4 Å². The van der Waals surface area contributed by atoms with E-state index in [9.17, 15) is 4.79 Å². The van der Waals surface area contributed by atoms with Crippen molar-refractivity contribution >= 4 is 5.91 Å². The van der Waals surface area contributed by atoms with Crippen LogP contribution >= 0.6 is 0 Å². The number of β-lactam (4-membered cyclic amide) rings is 1. The third-order valence-electron chi connectivity index (χ3n) is 2.76. The molecule has 3 nitrogen and oxygen atoms in total. The number of nitrogens with one attached hydrogen (secondary N) is 1. The molecule has 1 aliphatic rings. The smallest absolute Gasteiger partial charge is 0.226 e. The molecular formula is C13H12N2O. The summed E-state index contributed by atoms with van der Waals surface area (Å²) in [5, 5.41) is 11.2. The predicted molar refractivity (Wildman–Crippen MR) is 60.3 cm³/mol. The molecule has 1 aromatic carbocycles. The van der Waals surface area contributed by atoms with Crippen molar-refractivity contribution in [1.82, 2.24) is 5.32 Å². The van der Waals surface area contributed by atoms with E-state index in [-0.39, 0.29) is 17.9 Å². The molecule has 1 amide bonds. The molecule has 0 aromatic heterocycles. The second-order valence-electron chi connectivity index (χ2n) is 3.82. The van der Waals surface area contributed by atoms with Gasteiger partial charge in [0.1, 0.15) is 0 Å². The number of allylic oxidation sites excluding steroid dienone is 1. The van der Waals surface area contributed by atoms with Crippen LogP contribution in [-0.2, 0) is 11.2 Å². The minimum Gasteiger partial charge on any atom is -0.349 e. The lowest BCUT2D eigenvalue weighted by molar-refractivity contribution is -0.133. The number of amides is 1. The molecule has 3 heteroatoms. The monoisotopic (exact) mass is 212 g/mol. The Morgan fingerprint density at radius 2 is 2.12 bits per heavy atom. The highest BCUT2D eigenvalue weighted by Gasteiger charge is 2.37. The Morgan fingerprint density at radius 1 is 1.38 bits per heavy atom. The van der Waals surface area contributed by atoms with Gasteiger partial charge in [-0.2, -0.15) is 5.26 Å². The fourth-order valence-corrected chi connectivity index (χ4v) is 1.86. The highest BCUT2D eigenvalue weighted by atomic mass is 16.2. The normalized spacial score (nSPS) is 23.6. The molecule has 0 saturated carbocycles. The summed E-state index contributed by atoms with van der Waals surface area (Å²) >= 11 is 0. The summed E-state index contributed by atoms with van der Waals surface area (Å²) in [5.74, 6) is 0.0310. The van der Waals surface area contributed by atoms with Gasteiger partial charge in [0, 0.05) is 6.08 Å². The molecule has 1 fully saturated rings. The Bertz CT molecular complexity index is 445. The highest BCUT2D eigenvalue weighted by molar-refractivity contribution is 5.86. The number of rotatable bonds is 3. The average Bonchev–Trinajstić information content (AvgIpc) is 2.33. The average molecular weight is 212 g/mol. The molecule has 0 bridgehead atoms. The van der Waals surface area contributed by atoms with Crippen LogP contribution in [0.3, 0.4) is 0 Å². The third-order valence-corrected chi connectivity index (χ3v) is 2.76. The molecule has 0 radical (unpaired) electrons. The highest BCUT2D eigenvalue weighted by Crippen LogP contribution is 2.21. The summed E-state index contributed by atoms with van der Waals surface area (Å²) in [5.41, 5.74) is 1.15. The van der Waals surface area contributed by atoms with Crippen molar-refractivity contribution in [2.24, 2.45) is 5.92 Å². The number of carbonyl (C=O) groups excluding carboxylic acids is 1. The van der Waals surface area contributed by atoms with Crippen LogP contribution in [0, 0.1) is 17.2 Å². The maximum atomic E-state index is 11.4. The van der Waals surface area contributed by atoms with E-state index in [1.54, 1.807) is 6.08 Å². The number of nitriles is 1. The number of benzene rings is 1. The van der Waals surface area contributed by atoms with Crippen molar-refractivity contribution in [2.45, 2.75) is 12.5 Å². The summed E-state index contributed by atoms with van der Waals surface area (Å²) in [4.78, 5) is 11.4. The molecule has 1 aromatic rings. The Hall–Kier alpha value is -2.08. The van der Waals surface area contributed by atoms with Gasteiger partial charge in [-0.25, -0.2) is 0 Å². The maximum absolute atomic E-state index is 11.4. The standard InChI is InChI=1S/C13H12N2O/c14-8-4-7-12-11(13(16)15-12)9-10-5-2-1-3-6-10/h1-7,11-12H,9H2,(H,15,16). The fourth-order valence-electron chi connectivity index (χ4n) is 1.86. The first-order valence-electron chi connectivity index (χ1n) is 5.22. The van der Waals surface area contributed by atoms with E-state index in [1.165, 1.54) is 6.08 Å². The molecule has 1 N–H and O–H groups in total. The summed E-state index contributed by atoms with van der Waals surface area (Å²) in [6.07, 6.45) is 3.89. The maximum Gasteiger partial charge on any atom is 0.226 e. The van der Waals surface area contributed by atoms with Crippen LogP contribution in [0.25, 0.3) is 0 Å². The molecule has 0 aliphatic carbocycles. The van der Waals surface area contributed by atoms with Crippen molar-refractivity contribution in [3.8, 4) is 6.07 Å². The minimum atomic E-state index is -0.0352. The molecular weight excluding hydrogens is 200 g/mol. The zero-order valence-electron chi connectivity index (χ0n) is 8.76. The van der Waals surface area contributed by atoms with Crippen LogP contribution in [0.1, 0.15) is 5.56 Å². The first-order chi connectivity index (χ1) is 7.81. The van der Waals surface area contributed by atoms with Crippen molar-refractivity contribution in [3.63, 3.8) is 0 Å². The Morgan fingerprint density at radius 3 is 2.75 bits per heavy atom. The van der Waals surface area contributed by atoms with E-state index in [4.69, 9.17) is 5.26 Å². The largest absolute Gasteiger partial charge is 0.349 e. The second-order valence-corrected chi connectivity index (χ2v) is 3.82. The molecule has 80 valence electrons. The number of hydrogen-bond acceptors (Lipinski definition) is 2. The van der Waals surface area contributed by atoms with Crippen LogP contribution in [0.4, 0.5) is 0 Å². The van der Waals surface area contributed by atoms with Crippen molar-refractivity contribution < 1.29 is 4.79 Å². The van der Waals surface area contributed by atoms with Crippen molar-refractivity contribution in [1.29, 1.82) is 5.26 Å². The van der Waals surface area contributed by atoms with Gasteiger partial charge in [-0.05, 0) is 12.0 Å². The third kappa shape index (κ3) is 2.12. The van der Waals surface area contributed by atoms with E-state index < -0.39 is 0 Å². The molecule has 2 rings (SSSR count). The van der Waals surface area contributed by atoms with E-state index in [2.05, 4.69) is 5.32 Å². The minimum absolute atomic E-state index is 0.00681. The van der Waals surface area contributed by atoms with Gasteiger partial charge in [0.15, 0.2) is 0 Å². The van der Waals surface area contributed by atoms with E-state index >= 15 is 0 Å². The molecule has 2 atom stereocenters. The summed E-state index contributed by atoms with van der Waals surface area (Å²) in [6.45, 7) is 0. The molecule has 1 aliphatic heterocycles. The SMILES string of the molecule is N#CC=CC1NC(=O)C1Cc1ccccc1. The molecule has 0 spiro atoms. The molecule has 1 heterocycles. The fraction of sp³-hybridized carbons (Fsp3) is 0.231. The van der Waals surface area contributed by atoms with Crippen LogP contribution in [0.5, 0.6) is 0 Å². The van der Waals surface area contributed by atoms with Gasteiger partial charge in [-0.15, -0.1) is 0 Å². The first kappa shape index (κ1) is 10.4. The van der Waals surface area contributed by atoms with Crippen LogP contribution in [0.2, 0.25) is 0 Å². The van der Waals surface area contributed by atoms with Gasteiger partial charge >= 0.3 is 0 Å². The summed E-state index contributed by atoms with van der Waals surface area (Å²) in [6, 6.07) is 11.8. The lowest BCUT2D eigenvalue weighted by Gasteiger charge is -2.34. The summed E-state index contributed by atoms with van der Waals surface area (Å²) < 4.78 is 0. The molecule has 1 saturated heterocycles. The van der Waals surface area contributed by atoms with Gasteiger partial charge < -0.3 is 5.32 Å². The number of nitrogens with zero attached hydrogens (tertiary/aromatic N) is 1. The van der Waals surface area contributed by atoms with Gasteiger partial charge in [0.25, 0.3) is 0 Å². The van der Waals surface area contributed by atoms with Gasteiger partial charge in [-0.1, -0.05) is 36.4 Å². The van der Waals surface area contributed by atoms with Crippen LogP contribution in [-0.4, -0.2) is 11.9 Å². The van der Waals surface area contributed by atoms with Crippen LogP contribution in [0.15, 0.2) is 42.5 Å².